The van der Waals surface area contributed by atoms with Crippen LogP contribution in [0, 0.1) is 17.7 Å². The molecule has 1 aliphatic rings. The van der Waals surface area contributed by atoms with Crippen LogP contribution in [0.5, 0.6) is 0 Å². The molecule has 0 spiro atoms. The number of hydrogen-bond acceptors (Lipinski definition) is 3. The van der Waals surface area contributed by atoms with E-state index in [2.05, 4.69) is 0 Å². The molecule has 0 N–H and O–H groups in total. The van der Waals surface area contributed by atoms with E-state index in [1.807, 2.05) is 0 Å². The second-order valence-corrected chi connectivity index (χ2v) is 6.60. The van der Waals surface area contributed by atoms with Gasteiger partial charge in [0.2, 0.25) is 5.91 Å². The van der Waals surface area contributed by atoms with E-state index >= 15 is 0 Å². The summed E-state index contributed by atoms with van der Waals surface area (Å²) in [5.74, 6) is -0.885. The topological polar surface area (TPSA) is 46.6 Å². The summed E-state index contributed by atoms with van der Waals surface area (Å²) in [6, 6.07) is 6.14. The predicted molar refractivity (Wildman–Crippen MR) is 89.6 cm³/mol. The summed E-state index contributed by atoms with van der Waals surface area (Å²) < 4.78 is 17.9. The SMILES string of the molecule is COC(=O)C(C)CN(Cc1ccc(F)cc1)C(=O)C1CCCCC1. The van der Waals surface area contributed by atoms with Crippen molar-refractivity contribution < 1.29 is 18.7 Å². The van der Waals surface area contributed by atoms with Crippen LogP contribution in [0.15, 0.2) is 24.3 Å². The monoisotopic (exact) mass is 335 g/mol. The highest BCUT2D eigenvalue weighted by Crippen LogP contribution is 2.26. The Bertz CT molecular complexity index is 552. The minimum Gasteiger partial charge on any atom is -0.469 e. The molecule has 1 aromatic carbocycles. The third kappa shape index (κ3) is 5.05. The lowest BCUT2D eigenvalue weighted by Gasteiger charge is -2.31. The number of nitrogens with zero attached hydrogens (tertiary/aromatic N) is 1. The van der Waals surface area contributed by atoms with Crippen molar-refractivity contribution >= 4 is 11.9 Å². The molecule has 4 nitrogen and oxygen atoms in total. The van der Waals surface area contributed by atoms with Crippen molar-refractivity contribution in [3.63, 3.8) is 0 Å². The van der Waals surface area contributed by atoms with Crippen LogP contribution < -0.4 is 0 Å². The van der Waals surface area contributed by atoms with Gasteiger partial charge < -0.3 is 9.64 Å². The number of benzene rings is 1. The normalized spacial score (nSPS) is 16.5. The standard InChI is InChI=1S/C19H26FNO3/c1-14(19(23)24-2)12-21(13-15-8-10-17(20)11-9-15)18(22)16-6-4-3-5-7-16/h8-11,14,16H,3-7,12-13H2,1-2H3. The number of halogens is 1. The Hall–Kier alpha value is -1.91. The van der Waals surface area contributed by atoms with E-state index in [0.717, 1.165) is 31.2 Å². The van der Waals surface area contributed by atoms with Crippen molar-refractivity contribution in [3.8, 4) is 0 Å². The van der Waals surface area contributed by atoms with Crippen LogP contribution >= 0.6 is 0 Å². The summed E-state index contributed by atoms with van der Waals surface area (Å²) >= 11 is 0. The van der Waals surface area contributed by atoms with Gasteiger partial charge in [0.25, 0.3) is 0 Å². The van der Waals surface area contributed by atoms with Gasteiger partial charge in [-0.25, -0.2) is 4.39 Å². The lowest BCUT2D eigenvalue weighted by atomic mass is 9.88. The van der Waals surface area contributed by atoms with E-state index in [1.165, 1.54) is 25.7 Å². The lowest BCUT2D eigenvalue weighted by molar-refractivity contribution is -0.147. The van der Waals surface area contributed by atoms with E-state index in [1.54, 1.807) is 24.0 Å². The summed E-state index contributed by atoms with van der Waals surface area (Å²) in [5.41, 5.74) is 0.859. The Morgan fingerprint density at radius 1 is 1.21 bits per heavy atom. The number of esters is 1. The molecule has 132 valence electrons. The first-order chi connectivity index (χ1) is 11.5. The predicted octanol–water partition coefficient (Wildman–Crippen LogP) is 3.54. The van der Waals surface area contributed by atoms with Crippen molar-refractivity contribution in [2.45, 2.75) is 45.6 Å². The Morgan fingerprint density at radius 2 is 1.83 bits per heavy atom. The Kier molecular flexibility index (Phi) is 6.76. The molecule has 1 aromatic rings. The zero-order valence-electron chi connectivity index (χ0n) is 14.5. The van der Waals surface area contributed by atoms with Crippen LogP contribution in [0.2, 0.25) is 0 Å². The Balaban J connectivity index is 2.11. The number of ether oxygens (including phenoxy) is 1. The average Bonchev–Trinajstić information content (AvgIpc) is 2.62. The summed E-state index contributed by atoms with van der Waals surface area (Å²) in [6.45, 7) is 2.47. The maximum Gasteiger partial charge on any atom is 0.310 e. The second kappa shape index (κ2) is 8.81. The summed E-state index contributed by atoms with van der Waals surface area (Å²) in [5, 5.41) is 0. The van der Waals surface area contributed by atoms with Gasteiger partial charge in [0.05, 0.1) is 13.0 Å². The summed E-state index contributed by atoms with van der Waals surface area (Å²) in [7, 11) is 1.35. The van der Waals surface area contributed by atoms with Crippen molar-refractivity contribution in [1.82, 2.24) is 4.90 Å². The zero-order valence-corrected chi connectivity index (χ0v) is 14.5. The van der Waals surface area contributed by atoms with Crippen LogP contribution in [0.4, 0.5) is 4.39 Å². The number of hydrogen-bond donors (Lipinski definition) is 0. The van der Waals surface area contributed by atoms with Gasteiger partial charge in [-0.3, -0.25) is 9.59 Å². The molecule has 0 aromatic heterocycles. The minimum atomic E-state index is -0.386. The van der Waals surface area contributed by atoms with Gasteiger partial charge >= 0.3 is 5.97 Å². The number of methoxy groups -OCH3 is 1. The molecule has 0 aliphatic heterocycles. The summed E-state index contributed by atoms with van der Waals surface area (Å²) in [6.07, 6.45) is 5.15. The van der Waals surface area contributed by atoms with Gasteiger partial charge in [0.15, 0.2) is 0 Å². The first kappa shape index (κ1) is 18.4. The molecule has 0 saturated heterocycles. The van der Waals surface area contributed by atoms with Crippen LogP contribution in [-0.4, -0.2) is 30.4 Å². The first-order valence-corrected chi connectivity index (χ1v) is 8.62. The highest BCUT2D eigenvalue weighted by molar-refractivity contribution is 5.80. The highest BCUT2D eigenvalue weighted by atomic mass is 19.1. The minimum absolute atomic E-state index is 0.0315. The molecule has 0 heterocycles. The van der Waals surface area contributed by atoms with Gasteiger partial charge in [-0.1, -0.05) is 38.3 Å². The fourth-order valence-electron chi connectivity index (χ4n) is 3.26. The van der Waals surface area contributed by atoms with Gasteiger partial charge in [0.1, 0.15) is 5.82 Å². The van der Waals surface area contributed by atoms with E-state index in [4.69, 9.17) is 4.74 Å². The highest BCUT2D eigenvalue weighted by Gasteiger charge is 2.28. The fraction of sp³-hybridized carbons (Fsp3) is 0.579. The molecule has 5 heteroatoms. The molecule has 1 unspecified atom stereocenters. The molecule has 0 radical (unpaired) electrons. The molecule has 1 aliphatic carbocycles. The smallest absolute Gasteiger partial charge is 0.310 e. The van der Waals surface area contributed by atoms with Crippen molar-refractivity contribution in [1.29, 1.82) is 0 Å². The summed E-state index contributed by atoms with van der Waals surface area (Å²) in [4.78, 5) is 26.4. The van der Waals surface area contributed by atoms with E-state index < -0.39 is 0 Å². The van der Waals surface area contributed by atoms with Crippen LogP contribution in [0.1, 0.15) is 44.6 Å². The van der Waals surface area contributed by atoms with Crippen LogP contribution in [-0.2, 0) is 20.9 Å². The lowest BCUT2D eigenvalue weighted by Crippen LogP contribution is -2.40. The first-order valence-electron chi connectivity index (χ1n) is 8.62. The molecule has 1 amide bonds. The van der Waals surface area contributed by atoms with Crippen LogP contribution in [0.25, 0.3) is 0 Å². The number of carbonyl (C=O) groups excluding carboxylic acids is 2. The Morgan fingerprint density at radius 3 is 2.42 bits per heavy atom. The van der Waals surface area contributed by atoms with E-state index in [-0.39, 0.29) is 29.5 Å². The third-order valence-electron chi connectivity index (χ3n) is 4.65. The maximum atomic E-state index is 13.1. The molecule has 24 heavy (non-hydrogen) atoms. The molecule has 2 rings (SSSR count). The molecular weight excluding hydrogens is 309 g/mol. The van der Waals surface area contributed by atoms with Crippen molar-refractivity contribution in [2.75, 3.05) is 13.7 Å². The number of rotatable bonds is 6. The Labute approximate surface area is 143 Å². The average molecular weight is 335 g/mol. The van der Waals surface area contributed by atoms with Crippen molar-refractivity contribution in [2.24, 2.45) is 11.8 Å². The number of carbonyl (C=O) groups is 2. The molecule has 1 fully saturated rings. The van der Waals surface area contributed by atoms with Gasteiger partial charge in [-0.05, 0) is 30.5 Å². The largest absolute Gasteiger partial charge is 0.469 e. The molecular formula is C19H26FNO3. The van der Waals surface area contributed by atoms with Gasteiger partial charge in [-0.2, -0.15) is 0 Å². The van der Waals surface area contributed by atoms with E-state index in [0.29, 0.717) is 13.1 Å². The third-order valence-corrected chi connectivity index (χ3v) is 4.65. The van der Waals surface area contributed by atoms with Gasteiger partial charge in [0, 0.05) is 19.0 Å². The molecule has 1 atom stereocenters. The molecule has 1 saturated carbocycles. The number of amides is 1. The molecule has 0 bridgehead atoms. The quantitative estimate of drug-likeness (QED) is 0.747. The van der Waals surface area contributed by atoms with Crippen LogP contribution in [0.3, 0.4) is 0 Å². The van der Waals surface area contributed by atoms with E-state index in [9.17, 15) is 14.0 Å². The van der Waals surface area contributed by atoms with Crippen molar-refractivity contribution in [3.05, 3.63) is 35.6 Å². The fourth-order valence-corrected chi connectivity index (χ4v) is 3.26. The van der Waals surface area contributed by atoms with Gasteiger partial charge in [-0.15, -0.1) is 0 Å². The second-order valence-electron chi connectivity index (χ2n) is 6.60. The maximum absolute atomic E-state index is 13.1. The zero-order chi connectivity index (χ0) is 17.5.